The molecule has 0 amide bonds. The molecule has 2 rings (SSSR count). The molecule has 4 nitrogen and oxygen atoms in total. The zero-order valence-corrected chi connectivity index (χ0v) is 13.2. The van der Waals surface area contributed by atoms with Crippen molar-refractivity contribution >= 4 is 27.5 Å². The van der Waals surface area contributed by atoms with E-state index in [1.165, 1.54) is 0 Å². The number of aromatic nitrogens is 3. The van der Waals surface area contributed by atoms with Gasteiger partial charge in [0, 0.05) is 28.5 Å². The lowest BCUT2D eigenvalue weighted by Crippen LogP contribution is -2.21. The number of nitrogens with zero attached hydrogens (tertiary/aromatic N) is 3. The van der Waals surface area contributed by atoms with Crippen LogP contribution < -0.4 is 5.32 Å². The summed E-state index contributed by atoms with van der Waals surface area (Å²) in [5.41, 5.74) is 1.07. The third-order valence-electron chi connectivity index (χ3n) is 3.07. The van der Waals surface area contributed by atoms with Gasteiger partial charge < -0.3 is 5.32 Å². The van der Waals surface area contributed by atoms with Crippen molar-refractivity contribution in [3.63, 3.8) is 0 Å². The highest BCUT2D eigenvalue weighted by Gasteiger charge is 2.16. The maximum Gasteiger partial charge on any atom is 0.138 e. The van der Waals surface area contributed by atoms with Crippen LogP contribution in [0.2, 0.25) is 5.02 Å². The van der Waals surface area contributed by atoms with Crippen LogP contribution in [0.1, 0.15) is 24.4 Å². The van der Waals surface area contributed by atoms with E-state index in [0.717, 1.165) is 33.8 Å². The summed E-state index contributed by atoms with van der Waals surface area (Å²) in [6.45, 7) is 2.87. The third kappa shape index (κ3) is 3.35. The van der Waals surface area contributed by atoms with Crippen LogP contribution in [0.15, 0.2) is 29.0 Å². The van der Waals surface area contributed by atoms with Crippen LogP contribution in [-0.2, 0) is 13.0 Å². The van der Waals surface area contributed by atoms with E-state index in [1.54, 1.807) is 6.33 Å². The molecule has 19 heavy (non-hydrogen) atoms. The summed E-state index contributed by atoms with van der Waals surface area (Å²) in [6, 6.07) is 6.05. The molecule has 1 heterocycles. The second-order valence-electron chi connectivity index (χ2n) is 4.20. The van der Waals surface area contributed by atoms with Crippen molar-refractivity contribution in [1.82, 2.24) is 20.1 Å². The number of hydrogen-bond donors (Lipinski definition) is 1. The molecule has 0 radical (unpaired) electrons. The molecular formula is C13H16BrClN4. The minimum atomic E-state index is 0.120. The molecule has 0 aliphatic carbocycles. The zero-order chi connectivity index (χ0) is 13.8. The van der Waals surface area contributed by atoms with Crippen LogP contribution >= 0.6 is 27.5 Å². The van der Waals surface area contributed by atoms with Gasteiger partial charge in [-0.15, -0.1) is 0 Å². The van der Waals surface area contributed by atoms with Crippen LogP contribution in [0.5, 0.6) is 0 Å². The predicted molar refractivity (Wildman–Crippen MR) is 80.4 cm³/mol. The molecule has 0 fully saturated rings. The standard InChI is InChI=1S/C13H16BrClN4/c1-3-19-13(17-8-18-19)7-12(16-2)10-5-4-9(14)6-11(10)15/h4-6,8,12,16H,3,7H2,1-2H3. The maximum absolute atomic E-state index is 6.30. The highest BCUT2D eigenvalue weighted by Crippen LogP contribution is 2.28. The summed E-state index contributed by atoms with van der Waals surface area (Å²) in [5, 5.41) is 8.22. The number of aryl methyl sites for hydroxylation is 1. The van der Waals surface area contributed by atoms with Crippen molar-refractivity contribution in [2.45, 2.75) is 25.9 Å². The Morgan fingerprint density at radius 1 is 1.47 bits per heavy atom. The first-order chi connectivity index (χ1) is 9.15. The molecule has 1 unspecified atom stereocenters. The second-order valence-corrected chi connectivity index (χ2v) is 5.53. The van der Waals surface area contributed by atoms with Gasteiger partial charge in [-0.25, -0.2) is 4.98 Å². The quantitative estimate of drug-likeness (QED) is 0.906. The average molecular weight is 344 g/mol. The van der Waals surface area contributed by atoms with Crippen molar-refractivity contribution in [2.75, 3.05) is 7.05 Å². The lowest BCUT2D eigenvalue weighted by molar-refractivity contribution is 0.534. The Labute approximate surface area is 126 Å². The zero-order valence-electron chi connectivity index (χ0n) is 10.9. The number of halogens is 2. The SMILES string of the molecule is CCn1ncnc1CC(NC)c1ccc(Br)cc1Cl. The molecule has 1 atom stereocenters. The van der Waals surface area contributed by atoms with Crippen molar-refractivity contribution in [1.29, 1.82) is 0 Å². The first-order valence-corrected chi connectivity index (χ1v) is 7.31. The van der Waals surface area contributed by atoms with Gasteiger partial charge in [0.1, 0.15) is 12.2 Å². The van der Waals surface area contributed by atoms with E-state index in [4.69, 9.17) is 11.6 Å². The Morgan fingerprint density at radius 2 is 2.26 bits per heavy atom. The Kier molecular flexibility index (Phi) is 4.96. The Bertz CT molecular complexity index is 555. The van der Waals surface area contributed by atoms with E-state index in [-0.39, 0.29) is 6.04 Å². The van der Waals surface area contributed by atoms with Gasteiger partial charge >= 0.3 is 0 Å². The fraction of sp³-hybridized carbons (Fsp3) is 0.385. The van der Waals surface area contributed by atoms with Crippen LogP contribution in [0, 0.1) is 0 Å². The smallest absolute Gasteiger partial charge is 0.138 e. The van der Waals surface area contributed by atoms with Gasteiger partial charge in [-0.05, 0) is 31.7 Å². The fourth-order valence-electron chi connectivity index (χ4n) is 2.04. The Hall–Kier alpha value is -0.910. The molecule has 2 aromatic rings. The van der Waals surface area contributed by atoms with Crippen molar-refractivity contribution < 1.29 is 0 Å². The molecule has 0 saturated carbocycles. The van der Waals surface area contributed by atoms with Crippen molar-refractivity contribution in [3.8, 4) is 0 Å². The molecule has 0 aliphatic rings. The largest absolute Gasteiger partial charge is 0.313 e. The van der Waals surface area contributed by atoms with Crippen molar-refractivity contribution in [3.05, 3.63) is 45.4 Å². The molecule has 0 saturated heterocycles. The molecule has 1 N–H and O–H groups in total. The van der Waals surface area contributed by atoms with Gasteiger partial charge in [0.25, 0.3) is 0 Å². The van der Waals surface area contributed by atoms with Gasteiger partial charge in [-0.1, -0.05) is 33.6 Å². The first-order valence-electron chi connectivity index (χ1n) is 6.14. The summed E-state index contributed by atoms with van der Waals surface area (Å²) in [4.78, 5) is 4.31. The van der Waals surface area contributed by atoms with E-state index < -0.39 is 0 Å². The average Bonchev–Trinajstić information content (AvgIpc) is 2.84. The van der Waals surface area contributed by atoms with Gasteiger partial charge in [0.15, 0.2) is 0 Å². The molecule has 0 spiro atoms. The van der Waals surface area contributed by atoms with Crippen LogP contribution in [-0.4, -0.2) is 21.8 Å². The highest BCUT2D eigenvalue weighted by molar-refractivity contribution is 9.10. The molecule has 6 heteroatoms. The van der Waals surface area contributed by atoms with Gasteiger partial charge in [-0.2, -0.15) is 5.10 Å². The van der Waals surface area contributed by atoms with E-state index in [2.05, 4.69) is 38.3 Å². The summed E-state index contributed by atoms with van der Waals surface area (Å²) in [7, 11) is 1.93. The topological polar surface area (TPSA) is 42.7 Å². The molecular weight excluding hydrogens is 328 g/mol. The first kappa shape index (κ1) is 14.5. The third-order valence-corrected chi connectivity index (χ3v) is 3.89. The number of rotatable bonds is 5. The number of benzene rings is 1. The number of likely N-dealkylation sites (N-methyl/N-ethyl adjacent to an activating group) is 1. The second kappa shape index (κ2) is 6.50. The Morgan fingerprint density at radius 3 is 2.89 bits per heavy atom. The summed E-state index contributed by atoms with van der Waals surface area (Å²) in [5.74, 6) is 0.959. The maximum atomic E-state index is 6.30. The monoisotopic (exact) mass is 342 g/mol. The highest BCUT2D eigenvalue weighted by atomic mass is 79.9. The predicted octanol–water partition coefficient (Wildman–Crippen LogP) is 3.22. The van der Waals surface area contributed by atoms with Crippen LogP contribution in [0.3, 0.4) is 0 Å². The van der Waals surface area contributed by atoms with Gasteiger partial charge in [0.05, 0.1) is 0 Å². The van der Waals surface area contributed by atoms with E-state index >= 15 is 0 Å². The fourth-order valence-corrected chi connectivity index (χ4v) is 2.85. The van der Waals surface area contributed by atoms with Gasteiger partial charge in [-0.3, -0.25) is 4.68 Å². The van der Waals surface area contributed by atoms with E-state index in [0.29, 0.717) is 0 Å². The minimum absolute atomic E-state index is 0.120. The molecule has 0 bridgehead atoms. The lowest BCUT2D eigenvalue weighted by atomic mass is 10.0. The number of nitrogens with one attached hydrogen (secondary N) is 1. The molecule has 0 aliphatic heterocycles. The van der Waals surface area contributed by atoms with E-state index in [1.807, 2.05) is 29.9 Å². The summed E-state index contributed by atoms with van der Waals surface area (Å²) >= 11 is 9.72. The van der Waals surface area contributed by atoms with Crippen molar-refractivity contribution in [2.24, 2.45) is 0 Å². The Balaban J connectivity index is 2.25. The minimum Gasteiger partial charge on any atom is -0.313 e. The normalized spacial score (nSPS) is 12.6. The van der Waals surface area contributed by atoms with E-state index in [9.17, 15) is 0 Å². The lowest BCUT2D eigenvalue weighted by Gasteiger charge is -2.18. The van der Waals surface area contributed by atoms with Crippen LogP contribution in [0.25, 0.3) is 0 Å². The molecule has 1 aromatic carbocycles. The van der Waals surface area contributed by atoms with Crippen LogP contribution in [0.4, 0.5) is 0 Å². The molecule has 102 valence electrons. The number of hydrogen-bond acceptors (Lipinski definition) is 3. The summed E-state index contributed by atoms with van der Waals surface area (Å²) in [6.07, 6.45) is 2.35. The summed E-state index contributed by atoms with van der Waals surface area (Å²) < 4.78 is 2.88. The molecule has 1 aromatic heterocycles. The van der Waals surface area contributed by atoms with Gasteiger partial charge in [0.2, 0.25) is 0 Å².